The van der Waals surface area contributed by atoms with Crippen LogP contribution in [0.3, 0.4) is 0 Å². The van der Waals surface area contributed by atoms with Gasteiger partial charge in [0.25, 0.3) is 5.56 Å². The van der Waals surface area contributed by atoms with E-state index >= 15 is 0 Å². The fraction of sp³-hybridized carbons (Fsp3) is 0.545. The minimum absolute atomic E-state index is 0.0349. The van der Waals surface area contributed by atoms with Crippen molar-refractivity contribution in [2.24, 2.45) is 0 Å². The van der Waals surface area contributed by atoms with Crippen LogP contribution < -0.4 is 11.2 Å². The Labute approximate surface area is 103 Å². The number of ether oxygens (including phenoxy) is 1. The second-order valence-electron chi connectivity index (χ2n) is 3.89. The van der Waals surface area contributed by atoms with E-state index in [0.29, 0.717) is 24.3 Å². The lowest BCUT2D eigenvalue weighted by Gasteiger charge is -2.10. The van der Waals surface area contributed by atoms with Crippen molar-refractivity contribution in [3.05, 3.63) is 27.2 Å². The van der Waals surface area contributed by atoms with Gasteiger partial charge < -0.3 is 9.72 Å². The SMILES string of the molecule is CCCn1c(=O)n(COCC)c(=O)c2[nH]cnc21. The van der Waals surface area contributed by atoms with Crippen LogP contribution in [-0.4, -0.2) is 25.7 Å². The highest BCUT2D eigenvalue weighted by Gasteiger charge is 2.14. The lowest BCUT2D eigenvalue weighted by molar-refractivity contribution is 0.0815. The quantitative estimate of drug-likeness (QED) is 0.829. The highest BCUT2D eigenvalue weighted by molar-refractivity contribution is 5.68. The predicted octanol–water partition coefficient (Wildman–Crippen LogP) is 0.290. The first kappa shape index (κ1) is 12.6. The Balaban J connectivity index is 2.70. The molecule has 7 nitrogen and oxygen atoms in total. The number of aromatic nitrogens is 4. The van der Waals surface area contributed by atoms with Crippen molar-refractivity contribution in [1.82, 2.24) is 19.1 Å². The molecule has 0 bridgehead atoms. The third-order valence-electron chi connectivity index (χ3n) is 2.67. The maximum absolute atomic E-state index is 12.2. The number of aryl methyl sites for hydroxylation is 1. The zero-order chi connectivity index (χ0) is 13.1. The van der Waals surface area contributed by atoms with E-state index in [-0.39, 0.29) is 12.4 Å². The monoisotopic (exact) mass is 252 g/mol. The number of imidazole rings is 1. The smallest absolute Gasteiger partial charge is 0.334 e. The van der Waals surface area contributed by atoms with E-state index in [9.17, 15) is 9.59 Å². The summed E-state index contributed by atoms with van der Waals surface area (Å²) >= 11 is 0. The number of rotatable bonds is 5. The van der Waals surface area contributed by atoms with E-state index in [4.69, 9.17) is 4.74 Å². The molecule has 0 radical (unpaired) electrons. The van der Waals surface area contributed by atoms with Crippen LogP contribution in [0.4, 0.5) is 0 Å². The summed E-state index contributed by atoms with van der Waals surface area (Å²) in [5, 5.41) is 0. The topological polar surface area (TPSA) is 81.9 Å². The summed E-state index contributed by atoms with van der Waals surface area (Å²) in [4.78, 5) is 31.1. The van der Waals surface area contributed by atoms with E-state index in [1.165, 1.54) is 10.9 Å². The van der Waals surface area contributed by atoms with Gasteiger partial charge in [0.1, 0.15) is 12.2 Å². The largest absolute Gasteiger partial charge is 0.361 e. The molecule has 0 saturated heterocycles. The molecule has 0 spiro atoms. The van der Waals surface area contributed by atoms with Gasteiger partial charge in [0.2, 0.25) is 0 Å². The summed E-state index contributed by atoms with van der Waals surface area (Å²) in [5.74, 6) is 0. The molecule has 0 aliphatic rings. The van der Waals surface area contributed by atoms with Crippen molar-refractivity contribution in [3.8, 4) is 0 Å². The number of H-pyrrole nitrogens is 1. The van der Waals surface area contributed by atoms with E-state index in [0.717, 1.165) is 11.0 Å². The number of aromatic amines is 1. The van der Waals surface area contributed by atoms with Gasteiger partial charge in [0.05, 0.1) is 6.33 Å². The van der Waals surface area contributed by atoms with Crippen molar-refractivity contribution in [1.29, 1.82) is 0 Å². The molecule has 0 saturated carbocycles. The molecule has 2 aromatic heterocycles. The van der Waals surface area contributed by atoms with E-state index in [1.54, 1.807) is 0 Å². The molecule has 0 fully saturated rings. The average molecular weight is 252 g/mol. The highest BCUT2D eigenvalue weighted by Crippen LogP contribution is 2.02. The standard InChI is InChI=1S/C11H16N4O3/c1-3-5-14-9-8(12-6-13-9)10(16)15(11(14)17)7-18-4-2/h6H,3-5,7H2,1-2H3,(H,12,13). The molecule has 7 heteroatoms. The van der Waals surface area contributed by atoms with E-state index in [1.807, 2.05) is 13.8 Å². The highest BCUT2D eigenvalue weighted by atomic mass is 16.5. The van der Waals surface area contributed by atoms with Crippen LogP contribution in [0.5, 0.6) is 0 Å². The van der Waals surface area contributed by atoms with E-state index < -0.39 is 5.56 Å². The van der Waals surface area contributed by atoms with Gasteiger partial charge in [-0.1, -0.05) is 6.92 Å². The van der Waals surface area contributed by atoms with Crippen LogP contribution in [0.15, 0.2) is 15.9 Å². The summed E-state index contributed by atoms with van der Waals surface area (Å²) in [6.45, 7) is 4.70. The Kier molecular flexibility index (Phi) is 3.61. The summed E-state index contributed by atoms with van der Waals surface area (Å²) < 4.78 is 7.73. The first-order valence-corrected chi connectivity index (χ1v) is 5.95. The van der Waals surface area contributed by atoms with Crippen molar-refractivity contribution in [2.75, 3.05) is 6.61 Å². The Hall–Kier alpha value is -1.89. The molecule has 1 N–H and O–H groups in total. The molecule has 0 aliphatic heterocycles. The number of hydrogen-bond acceptors (Lipinski definition) is 4. The van der Waals surface area contributed by atoms with Gasteiger partial charge in [0, 0.05) is 13.2 Å². The van der Waals surface area contributed by atoms with Crippen LogP contribution >= 0.6 is 0 Å². The van der Waals surface area contributed by atoms with Gasteiger partial charge in [-0.2, -0.15) is 0 Å². The van der Waals surface area contributed by atoms with Gasteiger partial charge in [0.15, 0.2) is 5.65 Å². The van der Waals surface area contributed by atoms with Crippen molar-refractivity contribution < 1.29 is 4.74 Å². The molecule has 0 atom stereocenters. The van der Waals surface area contributed by atoms with E-state index in [2.05, 4.69) is 9.97 Å². The maximum atomic E-state index is 12.2. The van der Waals surface area contributed by atoms with Crippen LogP contribution in [0.2, 0.25) is 0 Å². The number of nitrogens with zero attached hydrogens (tertiary/aromatic N) is 3. The predicted molar refractivity (Wildman–Crippen MR) is 66.5 cm³/mol. The maximum Gasteiger partial charge on any atom is 0.334 e. The number of hydrogen-bond donors (Lipinski definition) is 1. The fourth-order valence-corrected chi connectivity index (χ4v) is 1.83. The van der Waals surface area contributed by atoms with Crippen molar-refractivity contribution >= 4 is 11.2 Å². The first-order chi connectivity index (χ1) is 8.70. The van der Waals surface area contributed by atoms with Crippen LogP contribution in [0, 0.1) is 0 Å². The lowest BCUT2D eigenvalue weighted by atomic mass is 10.4. The fourth-order valence-electron chi connectivity index (χ4n) is 1.83. The van der Waals surface area contributed by atoms with Gasteiger partial charge >= 0.3 is 5.69 Å². The Morgan fingerprint density at radius 3 is 2.78 bits per heavy atom. The second kappa shape index (κ2) is 5.18. The molecule has 0 unspecified atom stereocenters. The second-order valence-corrected chi connectivity index (χ2v) is 3.89. The summed E-state index contributed by atoms with van der Waals surface area (Å²) in [7, 11) is 0. The molecule has 0 amide bonds. The number of fused-ring (bicyclic) bond motifs is 1. The van der Waals surface area contributed by atoms with Gasteiger partial charge in [-0.25, -0.2) is 14.3 Å². The Bertz CT molecular complexity index is 652. The molecule has 0 aliphatic carbocycles. The van der Waals surface area contributed by atoms with Crippen LogP contribution in [0.1, 0.15) is 20.3 Å². The minimum atomic E-state index is -0.395. The molecule has 2 heterocycles. The molecule has 0 aromatic carbocycles. The van der Waals surface area contributed by atoms with Crippen molar-refractivity contribution in [2.45, 2.75) is 33.5 Å². The molecule has 98 valence electrons. The van der Waals surface area contributed by atoms with Gasteiger partial charge in [-0.05, 0) is 13.3 Å². The molecular weight excluding hydrogens is 236 g/mol. The number of nitrogens with one attached hydrogen (secondary N) is 1. The van der Waals surface area contributed by atoms with Crippen LogP contribution in [0.25, 0.3) is 11.2 Å². The Morgan fingerprint density at radius 2 is 2.11 bits per heavy atom. The Morgan fingerprint density at radius 1 is 1.33 bits per heavy atom. The molecular formula is C11H16N4O3. The zero-order valence-corrected chi connectivity index (χ0v) is 10.5. The average Bonchev–Trinajstić information content (AvgIpc) is 2.84. The molecule has 2 aromatic rings. The summed E-state index contributed by atoms with van der Waals surface area (Å²) in [6, 6.07) is 0. The summed E-state index contributed by atoms with van der Waals surface area (Å²) in [5.41, 5.74) is -0.0365. The van der Waals surface area contributed by atoms with Gasteiger partial charge in [-0.15, -0.1) is 0 Å². The minimum Gasteiger partial charge on any atom is -0.361 e. The third-order valence-corrected chi connectivity index (χ3v) is 2.67. The zero-order valence-electron chi connectivity index (χ0n) is 10.5. The summed E-state index contributed by atoms with van der Waals surface area (Å²) in [6.07, 6.45) is 2.21. The normalized spacial score (nSPS) is 11.2. The first-order valence-electron chi connectivity index (χ1n) is 5.95. The molecule has 2 rings (SSSR count). The molecule has 18 heavy (non-hydrogen) atoms. The van der Waals surface area contributed by atoms with Crippen molar-refractivity contribution in [3.63, 3.8) is 0 Å². The van der Waals surface area contributed by atoms with Gasteiger partial charge in [-0.3, -0.25) is 9.36 Å². The van der Waals surface area contributed by atoms with Crippen LogP contribution in [-0.2, 0) is 18.0 Å². The lowest BCUT2D eigenvalue weighted by Crippen LogP contribution is -2.40. The third kappa shape index (κ3) is 1.97.